The number of amides is 1. The Morgan fingerprint density at radius 1 is 1.42 bits per heavy atom. The van der Waals surface area contributed by atoms with Crippen LogP contribution >= 0.6 is 28.3 Å². The van der Waals surface area contributed by atoms with Crippen LogP contribution in [0.1, 0.15) is 12.5 Å². The number of nitrogens with one attached hydrogen (secondary N) is 1. The van der Waals surface area contributed by atoms with E-state index in [4.69, 9.17) is 5.73 Å². The minimum atomic E-state index is -4.46. The molecule has 3 N–H and O–H groups in total. The van der Waals surface area contributed by atoms with Crippen molar-refractivity contribution in [3.8, 4) is 0 Å². The van der Waals surface area contributed by atoms with Gasteiger partial charge in [0.05, 0.1) is 5.56 Å². The van der Waals surface area contributed by atoms with Crippen LogP contribution in [0.25, 0.3) is 0 Å². The molecule has 0 saturated heterocycles. The lowest BCUT2D eigenvalue weighted by Crippen LogP contribution is -2.26. The van der Waals surface area contributed by atoms with Gasteiger partial charge in [-0.25, -0.2) is 0 Å². The highest BCUT2D eigenvalue weighted by Gasteiger charge is 2.31. The summed E-state index contributed by atoms with van der Waals surface area (Å²) in [5.74, 6) is -0.873. The zero-order valence-electron chi connectivity index (χ0n) is 9.92. The molecule has 1 aromatic carbocycles. The second-order valence-corrected chi connectivity index (χ2v) is 4.77. The molecule has 0 aliphatic carbocycles. The SMILES string of the molecule is CC(CN)C(=O)Nc1cc(Br)cc(C(F)(F)F)c1.Cl. The number of carbonyl (C=O) groups excluding carboxylic acids is 1. The fraction of sp³-hybridized carbons (Fsp3) is 0.364. The molecule has 19 heavy (non-hydrogen) atoms. The van der Waals surface area contributed by atoms with Gasteiger partial charge >= 0.3 is 6.18 Å². The summed E-state index contributed by atoms with van der Waals surface area (Å²) in [6.45, 7) is 1.73. The molecule has 0 spiro atoms. The summed E-state index contributed by atoms with van der Waals surface area (Å²) in [4.78, 5) is 11.5. The van der Waals surface area contributed by atoms with Gasteiger partial charge in [0.1, 0.15) is 0 Å². The van der Waals surface area contributed by atoms with E-state index in [-0.39, 0.29) is 29.1 Å². The van der Waals surface area contributed by atoms with Crippen LogP contribution in [0, 0.1) is 5.92 Å². The number of hydrogen-bond acceptors (Lipinski definition) is 2. The highest BCUT2D eigenvalue weighted by Crippen LogP contribution is 2.33. The topological polar surface area (TPSA) is 55.1 Å². The molecule has 0 aliphatic heterocycles. The van der Waals surface area contributed by atoms with E-state index in [1.54, 1.807) is 6.92 Å². The lowest BCUT2D eigenvalue weighted by Gasteiger charge is -2.13. The average molecular weight is 362 g/mol. The van der Waals surface area contributed by atoms with E-state index in [0.717, 1.165) is 12.1 Å². The van der Waals surface area contributed by atoms with E-state index in [0.29, 0.717) is 0 Å². The molecular formula is C11H13BrClF3N2O. The Morgan fingerprint density at radius 2 is 2.00 bits per heavy atom. The van der Waals surface area contributed by atoms with Crippen molar-refractivity contribution in [1.29, 1.82) is 0 Å². The third kappa shape index (κ3) is 5.38. The molecule has 1 aromatic rings. The van der Waals surface area contributed by atoms with Crippen molar-refractivity contribution < 1.29 is 18.0 Å². The predicted molar refractivity (Wildman–Crippen MR) is 73.2 cm³/mol. The van der Waals surface area contributed by atoms with Gasteiger partial charge in [-0.3, -0.25) is 4.79 Å². The van der Waals surface area contributed by atoms with Gasteiger partial charge in [-0.2, -0.15) is 13.2 Å². The fourth-order valence-corrected chi connectivity index (χ4v) is 1.69. The van der Waals surface area contributed by atoms with E-state index in [1.165, 1.54) is 6.07 Å². The molecule has 0 aromatic heterocycles. The molecule has 0 fully saturated rings. The maximum atomic E-state index is 12.6. The third-order valence-electron chi connectivity index (χ3n) is 2.29. The van der Waals surface area contributed by atoms with Gasteiger partial charge < -0.3 is 11.1 Å². The predicted octanol–water partition coefficient (Wildman–Crippen LogP) is 3.42. The number of alkyl halides is 3. The number of nitrogens with two attached hydrogens (primary N) is 1. The average Bonchev–Trinajstić information content (AvgIpc) is 2.25. The Bertz CT molecular complexity index is 454. The van der Waals surface area contributed by atoms with Gasteiger partial charge in [0.15, 0.2) is 0 Å². The van der Waals surface area contributed by atoms with E-state index in [9.17, 15) is 18.0 Å². The first-order chi connectivity index (χ1) is 8.24. The number of hydrogen-bond donors (Lipinski definition) is 2. The normalized spacial score (nSPS) is 12.5. The zero-order valence-corrected chi connectivity index (χ0v) is 12.3. The molecule has 108 valence electrons. The first-order valence-electron chi connectivity index (χ1n) is 5.12. The minimum absolute atomic E-state index is 0. The van der Waals surface area contributed by atoms with Gasteiger partial charge in [-0.15, -0.1) is 12.4 Å². The molecule has 0 aliphatic rings. The maximum Gasteiger partial charge on any atom is 0.416 e. The summed E-state index contributed by atoms with van der Waals surface area (Å²) < 4.78 is 37.9. The standard InChI is InChI=1S/C11H12BrF3N2O.ClH/c1-6(5-16)10(18)17-9-3-7(11(13,14)15)2-8(12)4-9;/h2-4,6H,5,16H2,1H3,(H,17,18);1H. The number of rotatable bonds is 3. The van der Waals surface area contributed by atoms with Gasteiger partial charge in [0, 0.05) is 22.6 Å². The summed E-state index contributed by atoms with van der Waals surface area (Å²) in [6.07, 6.45) is -4.46. The quantitative estimate of drug-likeness (QED) is 0.867. The van der Waals surface area contributed by atoms with Crippen LogP contribution in [-0.4, -0.2) is 12.5 Å². The third-order valence-corrected chi connectivity index (χ3v) is 2.75. The van der Waals surface area contributed by atoms with E-state index in [1.807, 2.05) is 0 Å². The Morgan fingerprint density at radius 3 is 2.47 bits per heavy atom. The molecule has 3 nitrogen and oxygen atoms in total. The lowest BCUT2D eigenvalue weighted by atomic mass is 10.1. The first kappa shape index (κ1) is 18.2. The Kier molecular flexibility index (Phi) is 6.82. The fourth-order valence-electron chi connectivity index (χ4n) is 1.20. The number of benzene rings is 1. The van der Waals surface area contributed by atoms with Gasteiger partial charge in [-0.1, -0.05) is 22.9 Å². The molecule has 1 amide bonds. The number of halogens is 5. The summed E-state index contributed by atoms with van der Waals surface area (Å²) in [5.41, 5.74) is 4.56. The van der Waals surface area contributed by atoms with Crippen LogP contribution in [0.15, 0.2) is 22.7 Å². The highest BCUT2D eigenvalue weighted by atomic mass is 79.9. The van der Waals surface area contributed by atoms with Crippen molar-refractivity contribution in [2.75, 3.05) is 11.9 Å². The number of anilines is 1. The smallest absolute Gasteiger partial charge is 0.330 e. The molecule has 1 rings (SSSR count). The molecule has 1 unspecified atom stereocenters. The summed E-state index contributed by atoms with van der Waals surface area (Å²) in [5, 5.41) is 2.40. The van der Waals surface area contributed by atoms with Crippen molar-refractivity contribution in [3.05, 3.63) is 28.2 Å². The first-order valence-corrected chi connectivity index (χ1v) is 5.92. The minimum Gasteiger partial charge on any atom is -0.330 e. The van der Waals surface area contributed by atoms with Crippen LogP contribution in [0.4, 0.5) is 18.9 Å². The van der Waals surface area contributed by atoms with E-state index < -0.39 is 23.6 Å². The summed E-state index contributed by atoms with van der Waals surface area (Å²) in [6, 6.07) is 3.23. The van der Waals surface area contributed by atoms with Crippen molar-refractivity contribution in [3.63, 3.8) is 0 Å². The Hall–Kier alpha value is -0.790. The monoisotopic (exact) mass is 360 g/mol. The molecular weight excluding hydrogens is 348 g/mol. The highest BCUT2D eigenvalue weighted by molar-refractivity contribution is 9.10. The number of carbonyl (C=O) groups is 1. The molecule has 0 radical (unpaired) electrons. The van der Waals surface area contributed by atoms with Crippen LogP contribution in [0.3, 0.4) is 0 Å². The Labute approximate surface area is 123 Å². The van der Waals surface area contributed by atoms with Crippen molar-refractivity contribution in [2.24, 2.45) is 11.7 Å². The van der Waals surface area contributed by atoms with Crippen molar-refractivity contribution >= 4 is 39.9 Å². The van der Waals surface area contributed by atoms with Crippen LogP contribution < -0.4 is 11.1 Å². The van der Waals surface area contributed by atoms with Crippen LogP contribution in [0.5, 0.6) is 0 Å². The largest absolute Gasteiger partial charge is 0.416 e. The summed E-state index contributed by atoms with van der Waals surface area (Å²) in [7, 11) is 0. The zero-order chi connectivity index (χ0) is 13.9. The molecule has 0 bridgehead atoms. The van der Waals surface area contributed by atoms with Crippen LogP contribution in [-0.2, 0) is 11.0 Å². The Balaban J connectivity index is 0.00000324. The second-order valence-electron chi connectivity index (χ2n) is 3.85. The molecule has 0 heterocycles. The molecule has 0 saturated carbocycles. The maximum absolute atomic E-state index is 12.6. The van der Waals surface area contributed by atoms with Gasteiger partial charge in [0.2, 0.25) is 5.91 Å². The molecule has 1 atom stereocenters. The van der Waals surface area contributed by atoms with Gasteiger partial charge in [-0.05, 0) is 18.2 Å². The van der Waals surface area contributed by atoms with Crippen molar-refractivity contribution in [1.82, 2.24) is 0 Å². The van der Waals surface area contributed by atoms with E-state index >= 15 is 0 Å². The summed E-state index contributed by atoms with van der Waals surface area (Å²) >= 11 is 2.97. The lowest BCUT2D eigenvalue weighted by molar-refractivity contribution is -0.137. The molecule has 8 heteroatoms. The van der Waals surface area contributed by atoms with Gasteiger partial charge in [0.25, 0.3) is 0 Å². The second kappa shape index (κ2) is 7.12. The van der Waals surface area contributed by atoms with Crippen LogP contribution in [0.2, 0.25) is 0 Å². The van der Waals surface area contributed by atoms with E-state index in [2.05, 4.69) is 21.2 Å². The van der Waals surface area contributed by atoms with Crippen molar-refractivity contribution in [2.45, 2.75) is 13.1 Å².